The van der Waals surface area contributed by atoms with Crippen molar-refractivity contribution in [2.45, 2.75) is 32.7 Å². The molecule has 0 spiro atoms. The molecule has 0 unspecified atom stereocenters. The number of urea groups is 1. The molecular formula is C36H37N6O5P. The minimum atomic E-state index is -2.74. The summed E-state index contributed by atoms with van der Waals surface area (Å²) in [6.45, 7) is 10.1. The van der Waals surface area contributed by atoms with Gasteiger partial charge in [-0.15, -0.1) is 0 Å². The summed E-state index contributed by atoms with van der Waals surface area (Å²) in [5.41, 5.74) is 3.91. The van der Waals surface area contributed by atoms with E-state index >= 15 is 0 Å². The first-order valence-corrected chi connectivity index (χ1v) is 18.0. The second-order valence-electron chi connectivity index (χ2n) is 12.9. The summed E-state index contributed by atoms with van der Waals surface area (Å²) < 4.78 is 25.1. The Hall–Kier alpha value is -5.41. The molecule has 0 bridgehead atoms. The van der Waals surface area contributed by atoms with Gasteiger partial charge in [0.1, 0.15) is 12.9 Å². The van der Waals surface area contributed by atoms with Crippen LogP contribution in [0.25, 0.3) is 10.8 Å². The number of methoxy groups -OCH3 is 1. The van der Waals surface area contributed by atoms with Gasteiger partial charge in [-0.25, -0.2) is 9.78 Å². The minimum Gasteiger partial charge on any atom is -0.494 e. The van der Waals surface area contributed by atoms with Crippen molar-refractivity contribution in [3.63, 3.8) is 0 Å². The number of benzene rings is 4. The summed E-state index contributed by atoms with van der Waals surface area (Å²) in [6.07, 6.45) is 1.58. The number of anilines is 4. The molecular weight excluding hydrogens is 627 g/mol. The molecule has 1 aliphatic rings. The molecule has 0 atom stereocenters. The summed E-state index contributed by atoms with van der Waals surface area (Å²) in [4.78, 5) is 34.3. The summed E-state index contributed by atoms with van der Waals surface area (Å²) in [5, 5.41) is 13.9. The summed E-state index contributed by atoms with van der Waals surface area (Å²) >= 11 is 0. The molecule has 0 radical (unpaired) electrons. The van der Waals surface area contributed by atoms with Gasteiger partial charge in [-0.2, -0.15) is 4.98 Å². The molecule has 1 aromatic heterocycles. The lowest BCUT2D eigenvalue weighted by molar-refractivity contribution is 0.0965. The van der Waals surface area contributed by atoms with E-state index in [1.807, 2.05) is 48.5 Å². The SMILES string of the molecule is COc1c(NC(=O)Nc2ccc(Oc3ccnc(Nc4ccc5c(c4)C(=O)NC5)n3)c3ccccc23)cc(C(C)(C)C)cc1P(C)(C)=O. The second-order valence-corrected chi connectivity index (χ2v) is 16.1. The van der Waals surface area contributed by atoms with Gasteiger partial charge in [0.25, 0.3) is 5.91 Å². The van der Waals surface area contributed by atoms with E-state index < -0.39 is 13.2 Å². The van der Waals surface area contributed by atoms with Crippen LogP contribution >= 0.6 is 7.14 Å². The van der Waals surface area contributed by atoms with Crippen LogP contribution < -0.4 is 36.0 Å². The zero-order valence-corrected chi connectivity index (χ0v) is 28.5. The van der Waals surface area contributed by atoms with E-state index in [1.54, 1.807) is 43.8 Å². The first-order valence-electron chi connectivity index (χ1n) is 15.4. The molecule has 0 aliphatic carbocycles. The fraction of sp³-hybridized carbons (Fsp3) is 0.222. The van der Waals surface area contributed by atoms with Crippen molar-refractivity contribution >= 4 is 58.2 Å². The molecule has 5 aromatic rings. The minimum absolute atomic E-state index is 0.109. The lowest BCUT2D eigenvalue weighted by Crippen LogP contribution is -2.23. The van der Waals surface area contributed by atoms with Crippen LogP contribution in [0.15, 0.2) is 79.0 Å². The molecule has 1 aliphatic heterocycles. The Morgan fingerprint density at radius 3 is 2.42 bits per heavy atom. The molecule has 0 saturated heterocycles. The second kappa shape index (κ2) is 12.7. The van der Waals surface area contributed by atoms with Crippen LogP contribution in [0.5, 0.6) is 17.4 Å². The van der Waals surface area contributed by atoms with Crippen LogP contribution in [0.3, 0.4) is 0 Å². The molecule has 6 rings (SSSR count). The topological polar surface area (TPSA) is 144 Å². The van der Waals surface area contributed by atoms with Crippen LogP contribution in [-0.4, -0.2) is 42.3 Å². The fourth-order valence-electron chi connectivity index (χ4n) is 5.49. The summed E-state index contributed by atoms with van der Waals surface area (Å²) in [7, 11) is -1.23. The van der Waals surface area contributed by atoms with Crippen LogP contribution in [-0.2, 0) is 16.5 Å². The number of rotatable bonds is 8. The van der Waals surface area contributed by atoms with E-state index in [2.05, 4.69) is 52.0 Å². The van der Waals surface area contributed by atoms with Crippen molar-refractivity contribution in [2.75, 3.05) is 36.4 Å². The van der Waals surface area contributed by atoms with E-state index in [0.29, 0.717) is 57.8 Å². The van der Waals surface area contributed by atoms with E-state index in [0.717, 1.165) is 21.9 Å². The third-order valence-electron chi connectivity index (χ3n) is 7.99. The highest BCUT2D eigenvalue weighted by atomic mass is 31.2. The Bertz CT molecular complexity index is 2120. The number of hydrogen-bond donors (Lipinski definition) is 4. The lowest BCUT2D eigenvalue weighted by Gasteiger charge is -2.25. The Morgan fingerprint density at radius 1 is 0.938 bits per heavy atom. The van der Waals surface area contributed by atoms with E-state index in [9.17, 15) is 14.2 Å². The zero-order valence-electron chi connectivity index (χ0n) is 27.6. The third kappa shape index (κ3) is 6.82. The summed E-state index contributed by atoms with van der Waals surface area (Å²) in [5.74, 6) is 1.41. The van der Waals surface area contributed by atoms with Gasteiger partial charge in [-0.05, 0) is 66.3 Å². The first-order chi connectivity index (χ1) is 22.8. The Balaban J connectivity index is 1.24. The number of fused-ring (bicyclic) bond motifs is 2. The molecule has 3 amide bonds. The largest absolute Gasteiger partial charge is 0.494 e. The fourth-order valence-corrected chi connectivity index (χ4v) is 6.64. The van der Waals surface area contributed by atoms with Gasteiger partial charge in [-0.3, -0.25) is 4.79 Å². The van der Waals surface area contributed by atoms with Gasteiger partial charge in [0.2, 0.25) is 11.8 Å². The maximum absolute atomic E-state index is 13.4. The van der Waals surface area contributed by atoms with Crippen molar-refractivity contribution in [1.82, 2.24) is 15.3 Å². The molecule has 11 nitrogen and oxygen atoms in total. The lowest BCUT2D eigenvalue weighted by atomic mass is 9.86. The van der Waals surface area contributed by atoms with Gasteiger partial charge in [-0.1, -0.05) is 51.1 Å². The number of hydrogen-bond acceptors (Lipinski definition) is 8. The smallest absolute Gasteiger partial charge is 0.323 e. The standard InChI is InChI=1S/C36H37N6O5P/c1-36(2,3)22-17-28(32(46-4)30(18-22)48(5,6)45)41-35(44)40-27-13-14-29(25-10-8-7-9-24(25)27)47-31-15-16-37-34(42-31)39-23-12-11-21-20-38-33(43)26(21)19-23/h7-19H,20H2,1-6H3,(H,38,43)(H,37,39,42)(H2,40,41,44). The van der Waals surface area contributed by atoms with Crippen molar-refractivity contribution in [2.24, 2.45) is 0 Å². The van der Waals surface area contributed by atoms with Gasteiger partial charge in [0.15, 0.2) is 5.75 Å². The number of nitrogens with one attached hydrogen (secondary N) is 4. The van der Waals surface area contributed by atoms with Gasteiger partial charge < -0.3 is 35.3 Å². The molecule has 0 fully saturated rings. The Morgan fingerprint density at radius 2 is 1.69 bits per heavy atom. The first kappa shape index (κ1) is 32.5. The molecule has 48 heavy (non-hydrogen) atoms. The van der Waals surface area contributed by atoms with Gasteiger partial charge in [0, 0.05) is 40.8 Å². The highest BCUT2D eigenvalue weighted by Crippen LogP contribution is 2.43. The van der Waals surface area contributed by atoms with Crippen molar-refractivity contribution in [3.05, 3.63) is 95.7 Å². The molecule has 4 aromatic carbocycles. The number of carbonyl (C=O) groups excluding carboxylic acids is 2. The van der Waals surface area contributed by atoms with Crippen LogP contribution in [0.2, 0.25) is 0 Å². The van der Waals surface area contributed by atoms with Crippen LogP contribution in [0.4, 0.5) is 27.8 Å². The maximum Gasteiger partial charge on any atom is 0.323 e. The average Bonchev–Trinajstić information content (AvgIpc) is 3.40. The van der Waals surface area contributed by atoms with Gasteiger partial charge in [0.05, 0.1) is 23.8 Å². The number of ether oxygens (including phenoxy) is 2. The van der Waals surface area contributed by atoms with Crippen molar-refractivity contribution < 1.29 is 23.6 Å². The summed E-state index contributed by atoms with van der Waals surface area (Å²) in [6, 6.07) is 21.5. The van der Waals surface area contributed by atoms with E-state index in [1.165, 1.54) is 7.11 Å². The quantitative estimate of drug-likeness (QED) is 0.124. The number of carbonyl (C=O) groups is 2. The highest BCUT2D eigenvalue weighted by Gasteiger charge is 2.26. The third-order valence-corrected chi connectivity index (χ3v) is 9.49. The zero-order chi connectivity index (χ0) is 34.2. The van der Waals surface area contributed by atoms with Crippen LogP contribution in [0.1, 0.15) is 42.3 Å². The highest BCUT2D eigenvalue weighted by molar-refractivity contribution is 7.70. The van der Waals surface area contributed by atoms with E-state index in [4.69, 9.17) is 9.47 Å². The Labute approximate surface area is 278 Å². The molecule has 4 N–H and O–H groups in total. The monoisotopic (exact) mass is 664 g/mol. The predicted octanol–water partition coefficient (Wildman–Crippen LogP) is 7.61. The number of aromatic nitrogens is 2. The van der Waals surface area contributed by atoms with Crippen molar-refractivity contribution in [1.29, 1.82) is 0 Å². The van der Waals surface area contributed by atoms with Crippen LogP contribution in [0, 0.1) is 0 Å². The predicted molar refractivity (Wildman–Crippen MR) is 190 cm³/mol. The number of amides is 3. The maximum atomic E-state index is 13.4. The van der Waals surface area contributed by atoms with Crippen molar-refractivity contribution in [3.8, 4) is 17.4 Å². The molecule has 2 heterocycles. The molecule has 12 heteroatoms. The molecule has 0 saturated carbocycles. The molecule has 246 valence electrons. The van der Waals surface area contributed by atoms with E-state index in [-0.39, 0.29) is 11.3 Å². The van der Waals surface area contributed by atoms with Gasteiger partial charge >= 0.3 is 6.03 Å². The normalized spacial score (nSPS) is 12.7. The number of nitrogens with zero attached hydrogens (tertiary/aromatic N) is 2. The average molecular weight is 665 g/mol. The Kier molecular flexibility index (Phi) is 8.57.